The third-order valence-corrected chi connectivity index (χ3v) is 5.47. The third kappa shape index (κ3) is 2.91. The maximum absolute atomic E-state index is 5.82. The van der Waals surface area contributed by atoms with Crippen LogP contribution >= 0.6 is 27.3 Å². The summed E-state index contributed by atoms with van der Waals surface area (Å²) >= 11 is 5.27. The standard InChI is InChI=1S/C15H17BrN2OS/c16-10-7-11(20-9-10)8-14(18-17)12-5-6-19-15-4-2-1-3-13(12)15/h1-4,7,9,12,14,18H,5-6,8,17H2. The Hall–Kier alpha value is -0.880. The number of thiophene rings is 1. The predicted molar refractivity (Wildman–Crippen MR) is 86.1 cm³/mol. The molecule has 0 bridgehead atoms. The van der Waals surface area contributed by atoms with Crippen molar-refractivity contribution in [2.24, 2.45) is 5.84 Å². The van der Waals surface area contributed by atoms with Crippen molar-refractivity contribution in [3.63, 3.8) is 0 Å². The number of nitrogens with one attached hydrogen (secondary N) is 1. The van der Waals surface area contributed by atoms with E-state index in [1.54, 1.807) is 11.3 Å². The molecule has 0 saturated heterocycles. The fourth-order valence-corrected chi connectivity index (χ4v) is 4.29. The molecule has 3 nitrogen and oxygen atoms in total. The Morgan fingerprint density at radius 2 is 2.30 bits per heavy atom. The van der Waals surface area contributed by atoms with Crippen molar-refractivity contribution in [2.75, 3.05) is 6.61 Å². The lowest BCUT2D eigenvalue weighted by Crippen LogP contribution is -2.42. The second kappa shape index (κ2) is 6.26. The highest BCUT2D eigenvalue weighted by atomic mass is 79.9. The Balaban J connectivity index is 1.83. The van der Waals surface area contributed by atoms with Gasteiger partial charge in [-0.2, -0.15) is 0 Å². The summed E-state index contributed by atoms with van der Waals surface area (Å²) in [4.78, 5) is 1.34. The number of benzene rings is 1. The summed E-state index contributed by atoms with van der Waals surface area (Å²) in [6, 6.07) is 10.7. The second-order valence-corrected chi connectivity index (χ2v) is 6.90. The van der Waals surface area contributed by atoms with Crippen molar-refractivity contribution in [1.82, 2.24) is 5.43 Å². The van der Waals surface area contributed by atoms with Gasteiger partial charge in [0, 0.05) is 26.7 Å². The third-order valence-electron chi connectivity index (χ3n) is 3.75. The number of hydrazine groups is 1. The fraction of sp³-hybridized carbons (Fsp3) is 0.333. The average molecular weight is 353 g/mol. The minimum absolute atomic E-state index is 0.227. The molecule has 3 N–H and O–H groups in total. The first kappa shape index (κ1) is 14.1. The molecule has 1 aliphatic rings. The highest BCUT2D eigenvalue weighted by Gasteiger charge is 2.28. The Bertz CT molecular complexity index is 587. The van der Waals surface area contributed by atoms with Crippen LogP contribution in [0.2, 0.25) is 0 Å². The quantitative estimate of drug-likeness (QED) is 0.654. The van der Waals surface area contributed by atoms with E-state index in [1.165, 1.54) is 10.4 Å². The first-order valence-corrected chi connectivity index (χ1v) is 8.36. The molecule has 0 radical (unpaired) electrons. The van der Waals surface area contributed by atoms with Gasteiger partial charge >= 0.3 is 0 Å². The zero-order valence-corrected chi connectivity index (χ0v) is 13.4. The summed E-state index contributed by atoms with van der Waals surface area (Å²) in [5, 5.41) is 2.11. The number of halogens is 1. The zero-order chi connectivity index (χ0) is 13.9. The van der Waals surface area contributed by atoms with Crippen molar-refractivity contribution >= 4 is 27.3 Å². The van der Waals surface area contributed by atoms with Crippen molar-refractivity contribution in [3.05, 3.63) is 50.6 Å². The molecular formula is C15H17BrN2OS. The van der Waals surface area contributed by atoms with E-state index in [2.05, 4.69) is 44.9 Å². The lowest BCUT2D eigenvalue weighted by molar-refractivity contribution is 0.245. The molecule has 1 aliphatic heterocycles. The summed E-state index contributed by atoms with van der Waals surface area (Å²) in [5.41, 5.74) is 4.27. The number of hydrogen-bond donors (Lipinski definition) is 2. The molecule has 106 valence electrons. The van der Waals surface area contributed by atoms with Gasteiger partial charge in [-0.15, -0.1) is 11.3 Å². The van der Waals surface area contributed by atoms with Crippen LogP contribution < -0.4 is 16.0 Å². The maximum Gasteiger partial charge on any atom is 0.122 e. The molecule has 20 heavy (non-hydrogen) atoms. The van der Waals surface area contributed by atoms with Crippen LogP contribution in [0.3, 0.4) is 0 Å². The van der Waals surface area contributed by atoms with Crippen molar-refractivity contribution in [1.29, 1.82) is 0 Å². The van der Waals surface area contributed by atoms with E-state index in [1.807, 2.05) is 12.1 Å². The van der Waals surface area contributed by atoms with Crippen LogP contribution in [0.25, 0.3) is 0 Å². The predicted octanol–water partition coefficient (Wildman–Crippen LogP) is 3.45. The average Bonchev–Trinajstić information content (AvgIpc) is 2.89. The van der Waals surface area contributed by atoms with Gasteiger partial charge in [0.15, 0.2) is 0 Å². The Morgan fingerprint density at radius 1 is 1.45 bits per heavy atom. The van der Waals surface area contributed by atoms with Gasteiger partial charge in [0.1, 0.15) is 5.75 Å². The molecule has 2 heterocycles. The van der Waals surface area contributed by atoms with E-state index >= 15 is 0 Å². The van der Waals surface area contributed by atoms with E-state index in [0.29, 0.717) is 5.92 Å². The minimum Gasteiger partial charge on any atom is -0.493 e. The smallest absolute Gasteiger partial charge is 0.122 e. The van der Waals surface area contributed by atoms with Crippen LogP contribution in [0.5, 0.6) is 5.75 Å². The van der Waals surface area contributed by atoms with Gasteiger partial charge in [-0.3, -0.25) is 11.3 Å². The van der Waals surface area contributed by atoms with Crippen LogP contribution in [-0.2, 0) is 6.42 Å². The molecule has 2 unspecified atom stereocenters. The molecule has 2 aromatic rings. The van der Waals surface area contributed by atoms with Crippen LogP contribution in [0.15, 0.2) is 40.2 Å². The molecule has 2 atom stereocenters. The molecule has 0 aliphatic carbocycles. The van der Waals surface area contributed by atoms with Crippen molar-refractivity contribution < 1.29 is 4.74 Å². The molecule has 1 aromatic carbocycles. The van der Waals surface area contributed by atoms with Crippen LogP contribution in [-0.4, -0.2) is 12.6 Å². The number of para-hydroxylation sites is 1. The van der Waals surface area contributed by atoms with Gasteiger partial charge in [-0.25, -0.2) is 0 Å². The summed E-state index contributed by atoms with van der Waals surface area (Å²) in [5.74, 6) is 7.21. The van der Waals surface area contributed by atoms with Crippen LogP contribution in [0.4, 0.5) is 0 Å². The highest BCUT2D eigenvalue weighted by Crippen LogP contribution is 2.36. The molecular weight excluding hydrogens is 336 g/mol. The lowest BCUT2D eigenvalue weighted by Gasteiger charge is -2.31. The van der Waals surface area contributed by atoms with Crippen LogP contribution in [0, 0.1) is 0 Å². The van der Waals surface area contributed by atoms with Crippen molar-refractivity contribution in [3.8, 4) is 5.75 Å². The van der Waals surface area contributed by atoms with Gasteiger partial charge in [0.05, 0.1) is 6.61 Å². The summed E-state index contributed by atoms with van der Waals surface area (Å²) in [6.45, 7) is 0.758. The molecule has 0 spiro atoms. The lowest BCUT2D eigenvalue weighted by atomic mass is 9.85. The van der Waals surface area contributed by atoms with E-state index in [4.69, 9.17) is 10.6 Å². The molecule has 1 aromatic heterocycles. The Labute approximate surface area is 131 Å². The molecule has 0 amide bonds. The minimum atomic E-state index is 0.227. The van der Waals surface area contributed by atoms with Gasteiger partial charge in [0.25, 0.3) is 0 Å². The van der Waals surface area contributed by atoms with Gasteiger partial charge in [0.2, 0.25) is 0 Å². The highest BCUT2D eigenvalue weighted by molar-refractivity contribution is 9.10. The van der Waals surface area contributed by atoms with Crippen molar-refractivity contribution in [2.45, 2.75) is 24.8 Å². The number of fused-ring (bicyclic) bond motifs is 1. The zero-order valence-electron chi connectivity index (χ0n) is 11.0. The summed E-state index contributed by atoms with van der Waals surface area (Å²) in [6.07, 6.45) is 1.93. The number of rotatable bonds is 4. The first-order chi connectivity index (χ1) is 9.78. The Kier molecular flexibility index (Phi) is 4.41. The molecule has 3 rings (SSSR count). The second-order valence-electron chi connectivity index (χ2n) is 4.99. The molecule has 5 heteroatoms. The molecule has 0 saturated carbocycles. The maximum atomic E-state index is 5.82. The number of hydrogen-bond acceptors (Lipinski definition) is 4. The largest absolute Gasteiger partial charge is 0.493 e. The topological polar surface area (TPSA) is 47.3 Å². The first-order valence-electron chi connectivity index (χ1n) is 6.68. The van der Waals surface area contributed by atoms with E-state index < -0.39 is 0 Å². The van der Waals surface area contributed by atoms with Gasteiger partial charge in [-0.05, 0) is 46.5 Å². The van der Waals surface area contributed by atoms with Crippen LogP contribution in [0.1, 0.15) is 22.8 Å². The van der Waals surface area contributed by atoms with Gasteiger partial charge in [-0.1, -0.05) is 18.2 Å². The molecule has 0 fully saturated rings. The Morgan fingerprint density at radius 3 is 3.05 bits per heavy atom. The van der Waals surface area contributed by atoms with E-state index in [-0.39, 0.29) is 6.04 Å². The summed E-state index contributed by atoms with van der Waals surface area (Å²) in [7, 11) is 0. The fourth-order valence-electron chi connectivity index (χ4n) is 2.78. The monoisotopic (exact) mass is 352 g/mol. The van der Waals surface area contributed by atoms with Gasteiger partial charge < -0.3 is 4.74 Å². The van der Waals surface area contributed by atoms with E-state index in [0.717, 1.165) is 29.7 Å². The van der Waals surface area contributed by atoms with E-state index in [9.17, 15) is 0 Å². The SMILES string of the molecule is NNC(Cc1cc(Br)cs1)C1CCOc2ccccc21. The number of nitrogens with two attached hydrogens (primary N) is 1. The number of ether oxygens (including phenoxy) is 1. The summed E-state index contributed by atoms with van der Waals surface area (Å²) < 4.78 is 6.87. The normalized spacial score (nSPS) is 19.2.